The Kier molecular flexibility index (Phi) is 5.86. The molecule has 0 aliphatic carbocycles. The highest BCUT2D eigenvalue weighted by atomic mass is 35.5. The first-order valence-corrected chi connectivity index (χ1v) is 8.73. The van der Waals surface area contributed by atoms with Crippen molar-refractivity contribution >= 4 is 35.3 Å². The Morgan fingerprint density at radius 3 is 2.68 bits per heavy atom. The first-order chi connectivity index (χ1) is 13.4. The molecule has 0 unspecified atom stereocenters. The molecule has 0 radical (unpaired) electrons. The number of rotatable bonds is 5. The maximum atomic E-state index is 12.5. The maximum Gasteiger partial charge on any atom is 0.273 e. The van der Waals surface area contributed by atoms with Crippen LogP contribution in [-0.4, -0.2) is 23.0 Å². The molecular weight excluding hydrogens is 380 g/mol. The number of hydrogen-bond acceptors (Lipinski definition) is 5. The number of pyridine rings is 1. The summed E-state index contributed by atoms with van der Waals surface area (Å²) < 4.78 is 5.46. The van der Waals surface area contributed by atoms with Crippen LogP contribution in [0, 0.1) is 13.8 Å². The van der Waals surface area contributed by atoms with E-state index >= 15 is 0 Å². The second-order valence-electron chi connectivity index (χ2n) is 5.97. The third-order valence-corrected chi connectivity index (χ3v) is 4.18. The largest absolute Gasteiger partial charge is 0.460 e. The molecule has 0 aliphatic heterocycles. The van der Waals surface area contributed by atoms with Gasteiger partial charge < -0.3 is 9.73 Å². The number of benzene rings is 1. The zero-order chi connectivity index (χ0) is 20.1. The van der Waals surface area contributed by atoms with Crippen LogP contribution in [0.3, 0.4) is 0 Å². The monoisotopic (exact) mass is 396 g/mol. The molecule has 3 rings (SSSR count). The molecule has 2 N–H and O–H groups in total. The smallest absolute Gasteiger partial charge is 0.273 e. The van der Waals surface area contributed by atoms with E-state index in [-0.39, 0.29) is 5.56 Å². The second-order valence-corrected chi connectivity index (χ2v) is 6.41. The Balaban J connectivity index is 1.76. The summed E-state index contributed by atoms with van der Waals surface area (Å²) >= 11 is 6.01. The number of nitrogens with one attached hydrogen (secondary N) is 2. The van der Waals surface area contributed by atoms with Crippen LogP contribution < -0.4 is 10.7 Å². The van der Waals surface area contributed by atoms with Crippen molar-refractivity contribution in [1.29, 1.82) is 0 Å². The van der Waals surface area contributed by atoms with Crippen LogP contribution in [0.25, 0.3) is 0 Å². The topological polar surface area (TPSA) is 96.6 Å². The Hall–Kier alpha value is -3.45. The highest BCUT2D eigenvalue weighted by Crippen LogP contribution is 2.21. The minimum absolute atomic E-state index is 0.175. The fourth-order valence-electron chi connectivity index (χ4n) is 2.39. The molecule has 142 valence electrons. The van der Waals surface area contributed by atoms with Gasteiger partial charge in [-0.15, -0.1) is 0 Å². The number of carbonyl (C=O) groups is 2. The summed E-state index contributed by atoms with van der Waals surface area (Å²) in [6, 6.07) is 9.66. The molecule has 2 aromatic heterocycles. The number of carbonyl (C=O) groups excluding carboxylic acids is 2. The third kappa shape index (κ3) is 4.63. The van der Waals surface area contributed by atoms with Gasteiger partial charge in [-0.1, -0.05) is 11.6 Å². The minimum Gasteiger partial charge on any atom is -0.460 e. The lowest BCUT2D eigenvalue weighted by Gasteiger charge is -2.10. The Morgan fingerprint density at radius 2 is 2.00 bits per heavy atom. The molecular formula is C20H17ClN4O3. The molecule has 0 spiro atoms. The van der Waals surface area contributed by atoms with Crippen molar-refractivity contribution in [2.75, 3.05) is 5.32 Å². The van der Waals surface area contributed by atoms with Gasteiger partial charge in [0.25, 0.3) is 11.8 Å². The van der Waals surface area contributed by atoms with Crippen molar-refractivity contribution in [3.05, 3.63) is 82.0 Å². The predicted molar refractivity (Wildman–Crippen MR) is 107 cm³/mol. The van der Waals surface area contributed by atoms with E-state index in [4.69, 9.17) is 16.0 Å². The van der Waals surface area contributed by atoms with Crippen molar-refractivity contribution in [2.45, 2.75) is 13.8 Å². The van der Waals surface area contributed by atoms with E-state index in [2.05, 4.69) is 20.8 Å². The third-order valence-electron chi connectivity index (χ3n) is 3.94. The summed E-state index contributed by atoms with van der Waals surface area (Å²) in [6.07, 6.45) is 4.40. The molecule has 0 bridgehead atoms. The summed E-state index contributed by atoms with van der Waals surface area (Å²) in [5.41, 5.74) is 4.24. The van der Waals surface area contributed by atoms with Crippen LogP contribution in [0.2, 0.25) is 5.02 Å². The van der Waals surface area contributed by atoms with E-state index in [1.54, 1.807) is 30.5 Å². The summed E-state index contributed by atoms with van der Waals surface area (Å²) in [5, 5.41) is 6.93. The Labute approximate surface area is 166 Å². The average Bonchev–Trinajstić information content (AvgIpc) is 3.01. The normalized spacial score (nSPS) is 10.8. The van der Waals surface area contributed by atoms with Gasteiger partial charge in [-0.25, -0.2) is 5.43 Å². The van der Waals surface area contributed by atoms with Crippen LogP contribution in [-0.2, 0) is 0 Å². The molecule has 7 nitrogen and oxygen atoms in total. The van der Waals surface area contributed by atoms with Gasteiger partial charge in [0.2, 0.25) is 0 Å². The standard InChI is InChI=1S/C20H17ClN4O3/c1-12-8-16(28-13(12)2)11-23-25-20(27)17-9-15(21)5-6-18(17)24-19(26)14-4-3-7-22-10-14/h3-11H,1-2H3,(H,24,26)(H,25,27). The molecule has 0 saturated heterocycles. The van der Waals surface area contributed by atoms with E-state index < -0.39 is 11.8 Å². The molecule has 0 saturated carbocycles. The van der Waals surface area contributed by atoms with Gasteiger partial charge in [-0.05, 0) is 55.8 Å². The molecule has 3 aromatic rings. The molecule has 0 fully saturated rings. The van der Waals surface area contributed by atoms with Gasteiger partial charge in [-0.2, -0.15) is 5.10 Å². The van der Waals surface area contributed by atoms with Crippen LogP contribution in [0.1, 0.15) is 37.8 Å². The highest BCUT2D eigenvalue weighted by molar-refractivity contribution is 6.31. The van der Waals surface area contributed by atoms with Crippen molar-refractivity contribution in [2.24, 2.45) is 5.10 Å². The summed E-state index contributed by atoms with van der Waals surface area (Å²) in [5.74, 6) is 0.379. The number of amides is 2. The molecule has 8 heteroatoms. The van der Waals surface area contributed by atoms with Crippen molar-refractivity contribution < 1.29 is 14.0 Å². The number of halogens is 1. The molecule has 0 aliphatic rings. The van der Waals surface area contributed by atoms with Gasteiger partial charge in [0.15, 0.2) is 0 Å². The number of furan rings is 1. The SMILES string of the molecule is Cc1cc(C=NNC(=O)c2cc(Cl)ccc2NC(=O)c2cccnc2)oc1C. The number of aryl methyl sites for hydroxylation is 2. The maximum absolute atomic E-state index is 12.5. The van der Waals surface area contributed by atoms with Gasteiger partial charge >= 0.3 is 0 Å². The van der Waals surface area contributed by atoms with Gasteiger partial charge in [-0.3, -0.25) is 14.6 Å². The number of nitrogens with zero attached hydrogens (tertiary/aromatic N) is 2. The molecule has 28 heavy (non-hydrogen) atoms. The van der Waals surface area contributed by atoms with Crippen LogP contribution >= 0.6 is 11.6 Å². The molecule has 0 atom stereocenters. The van der Waals surface area contributed by atoms with E-state index in [0.717, 1.165) is 11.3 Å². The lowest BCUT2D eigenvalue weighted by molar-refractivity contribution is 0.0956. The van der Waals surface area contributed by atoms with Crippen molar-refractivity contribution in [3.8, 4) is 0 Å². The molecule has 2 amide bonds. The van der Waals surface area contributed by atoms with E-state index in [1.807, 2.05) is 19.9 Å². The number of aromatic nitrogens is 1. The predicted octanol–water partition coefficient (Wildman–Crippen LogP) is 3.96. The zero-order valence-electron chi connectivity index (χ0n) is 15.2. The summed E-state index contributed by atoms with van der Waals surface area (Å²) in [6.45, 7) is 3.76. The van der Waals surface area contributed by atoms with Crippen molar-refractivity contribution in [3.63, 3.8) is 0 Å². The minimum atomic E-state index is -0.528. The average molecular weight is 397 g/mol. The second kappa shape index (κ2) is 8.49. The number of anilines is 1. The van der Waals surface area contributed by atoms with Crippen LogP contribution in [0.5, 0.6) is 0 Å². The van der Waals surface area contributed by atoms with Gasteiger partial charge in [0.1, 0.15) is 11.5 Å². The van der Waals surface area contributed by atoms with E-state index in [0.29, 0.717) is 22.0 Å². The number of hydrogen-bond donors (Lipinski definition) is 2. The van der Waals surface area contributed by atoms with Gasteiger partial charge in [0, 0.05) is 17.4 Å². The molecule has 1 aromatic carbocycles. The first-order valence-electron chi connectivity index (χ1n) is 8.35. The number of hydrazone groups is 1. The van der Waals surface area contributed by atoms with Gasteiger partial charge in [0.05, 0.1) is 23.0 Å². The summed E-state index contributed by atoms with van der Waals surface area (Å²) in [4.78, 5) is 28.8. The highest BCUT2D eigenvalue weighted by Gasteiger charge is 2.15. The zero-order valence-corrected chi connectivity index (χ0v) is 15.9. The van der Waals surface area contributed by atoms with Crippen LogP contribution in [0.4, 0.5) is 5.69 Å². The lowest BCUT2D eigenvalue weighted by atomic mass is 10.1. The fourth-order valence-corrected chi connectivity index (χ4v) is 2.56. The molecule has 2 heterocycles. The Bertz CT molecular complexity index is 1030. The lowest BCUT2D eigenvalue weighted by Crippen LogP contribution is -2.21. The fraction of sp³-hybridized carbons (Fsp3) is 0.100. The quantitative estimate of drug-likeness (QED) is 0.504. The van der Waals surface area contributed by atoms with E-state index in [1.165, 1.54) is 18.5 Å². The van der Waals surface area contributed by atoms with Crippen molar-refractivity contribution in [1.82, 2.24) is 10.4 Å². The Morgan fingerprint density at radius 1 is 1.18 bits per heavy atom. The van der Waals surface area contributed by atoms with E-state index in [9.17, 15) is 9.59 Å². The van der Waals surface area contributed by atoms with Crippen LogP contribution in [0.15, 0.2) is 58.3 Å². The summed E-state index contributed by atoms with van der Waals surface area (Å²) in [7, 11) is 0. The first kappa shape index (κ1) is 19.3.